The molecule has 3 fully saturated rings. The second-order valence-corrected chi connectivity index (χ2v) is 14.1. The summed E-state index contributed by atoms with van der Waals surface area (Å²) in [5, 5.41) is -0.532. The first-order valence-electron chi connectivity index (χ1n) is 15.2. The average molecular weight is 505 g/mol. The first-order valence-corrected chi connectivity index (χ1v) is 15.7. The third-order valence-corrected chi connectivity index (χ3v) is 11.9. The molecule has 0 aliphatic heterocycles. The fourth-order valence-electron chi connectivity index (χ4n) is 8.98. The maximum absolute atomic E-state index is 12.5. The average Bonchev–Trinajstić information content (AvgIpc) is 3.17. The van der Waals surface area contributed by atoms with E-state index in [9.17, 15) is 4.79 Å². The summed E-state index contributed by atoms with van der Waals surface area (Å²) in [5.41, 5.74) is 2.47. The van der Waals surface area contributed by atoms with E-state index in [1.54, 1.807) is 5.57 Å². The van der Waals surface area contributed by atoms with Gasteiger partial charge in [-0.1, -0.05) is 84.8 Å². The molecule has 0 aromatic heterocycles. The van der Waals surface area contributed by atoms with Gasteiger partial charge >= 0.3 is 5.97 Å². The van der Waals surface area contributed by atoms with Crippen molar-refractivity contribution in [2.24, 2.45) is 40.4 Å². The van der Waals surface area contributed by atoms with E-state index in [-0.39, 0.29) is 18.0 Å². The van der Waals surface area contributed by atoms with Crippen LogP contribution < -0.4 is 0 Å². The molecule has 2 nitrogen and oxygen atoms in total. The van der Waals surface area contributed by atoms with Crippen molar-refractivity contribution in [1.29, 1.82) is 0 Å². The van der Waals surface area contributed by atoms with Crippen LogP contribution in [-0.2, 0) is 9.53 Å². The van der Waals surface area contributed by atoms with Gasteiger partial charge in [-0.2, -0.15) is 0 Å². The molecule has 3 heteroatoms. The molecule has 0 spiro atoms. The van der Waals surface area contributed by atoms with Crippen LogP contribution in [0.2, 0.25) is 0 Å². The van der Waals surface area contributed by atoms with Crippen LogP contribution in [0.3, 0.4) is 0 Å². The molecule has 0 heterocycles. The molecule has 0 N–H and O–H groups in total. The largest absolute Gasteiger partial charge is 0.461 e. The van der Waals surface area contributed by atoms with E-state index in [0.717, 1.165) is 42.9 Å². The lowest BCUT2D eigenvalue weighted by atomic mass is 9.47. The number of ether oxygens (including phenoxy) is 1. The zero-order valence-electron chi connectivity index (χ0n) is 23.4. The number of halogens is 1. The summed E-state index contributed by atoms with van der Waals surface area (Å²) in [7, 11) is 0. The third-order valence-electron chi connectivity index (χ3n) is 11.3. The number of allylic oxidation sites excluding steroid dienone is 1. The number of carbonyl (C=O) groups is 1. The van der Waals surface area contributed by atoms with E-state index in [1.807, 2.05) is 13.8 Å². The summed E-state index contributed by atoms with van der Waals surface area (Å²) >= 11 is 6.29. The van der Waals surface area contributed by atoms with Gasteiger partial charge in [0.2, 0.25) is 0 Å². The van der Waals surface area contributed by atoms with E-state index in [2.05, 4.69) is 26.8 Å². The second kappa shape index (κ2) is 11.5. The maximum Gasteiger partial charge on any atom is 0.324 e. The smallest absolute Gasteiger partial charge is 0.324 e. The molecule has 0 unspecified atom stereocenters. The molecule has 4 rings (SSSR count). The minimum absolute atomic E-state index is 0.0143. The number of esters is 1. The third kappa shape index (κ3) is 5.53. The summed E-state index contributed by atoms with van der Waals surface area (Å²) in [5.74, 6) is 3.45. The normalized spacial score (nSPS) is 39.4. The van der Waals surface area contributed by atoms with Crippen molar-refractivity contribution in [3.63, 3.8) is 0 Å². The highest BCUT2D eigenvalue weighted by atomic mass is 35.5. The summed E-state index contributed by atoms with van der Waals surface area (Å²) in [6.07, 6.45) is 22.7. The number of hydrogen-bond acceptors (Lipinski definition) is 2. The van der Waals surface area contributed by atoms with Crippen LogP contribution in [0.1, 0.15) is 131 Å². The van der Waals surface area contributed by atoms with Crippen LogP contribution in [0.15, 0.2) is 11.6 Å². The van der Waals surface area contributed by atoms with Gasteiger partial charge in [-0.3, -0.25) is 4.79 Å². The van der Waals surface area contributed by atoms with Crippen molar-refractivity contribution in [3.05, 3.63) is 11.6 Å². The van der Waals surface area contributed by atoms with E-state index in [1.165, 1.54) is 77.0 Å². The number of rotatable bonds is 10. The molecule has 8 atom stereocenters. The van der Waals surface area contributed by atoms with Gasteiger partial charge in [-0.05, 0) is 91.8 Å². The number of carbonyl (C=O) groups excluding carboxylic acids is 1. The van der Waals surface area contributed by atoms with Gasteiger partial charge in [0.05, 0.1) is 0 Å². The zero-order valence-corrected chi connectivity index (χ0v) is 24.2. The van der Waals surface area contributed by atoms with Gasteiger partial charge in [0.1, 0.15) is 11.5 Å². The summed E-state index contributed by atoms with van der Waals surface area (Å²) in [4.78, 5) is 12.5. The van der Waals surface area contributed by atoms with Crippen molar-refractivity contribution in [2.75, 3.05) is 0 Å². The molecular formula is C32H53ClO2. The van der Waals surface area contributed by atoms with Crippen LogP contribution >= 0.6 is 11.6 Å². The summed E-state index contributed by atoms with van der Waals surface area (Å²) < 4.78 is 5.90. The molecule has 0 amide bonds. The molecule has 35 heavy (non-hydrogen) atoms. The molecule has 200 valence electrons. The van der Waals surface area contributed by atoms with Gasteiger partial charge in [0.15, 0.2) is 0 Å². The lowest BCUT2D eigenvalue weighted by molar-refractivity contribution is -0.151. The molecule has 0 radical (unpaired) electrons. The van der Waals surface area contributed by atoms with Crippen LogP contribution in [0.25, 0.3) is 0 Å². The molecule has 0 bridgehead atoms. The summed E-state index contributed by atoms with van der Waals surface area (Å²) in [6.45, 7) is 11.5. The Hall–Kier alpha value is -0.500. The standard InChI is InChI=1S/C32H53ClO2/c1-6-7-8-9-10-11-12-23-14-16-27-26-15-13-24-21-25(35-30(34)29(33)22(2)3)17-19-32(24,5)28(26)18-20-31(23,27)4/h13,22-23,25-29H,6-12,14-21H2,1-5H3/t23-,25+,26-,27+,28-,29-,31-,32+/m1/s1. The van der Waals surface area contributed by atoms with Gasteiger partial charge < -0.3 is 4.74 Å². The first kappa shape index (κ1) is 27.5. The fourth-order valence-corrected chi connectivity index (χ4v) is 9.04. The molecule has 0 aromatic rings. The van der Waals surface area contributed by atoms with Gasteiger partial charge in [0.25, 0.3) is 0 Å². The first-order chi connectivity index (χ1) is 16.7. The quantitative estimate of drug-likeness (QED) is 0.128. The Balaban J connectivity index is 1.36. The maximum atomic E-state index is 12.5. The Kier molecular flexibility index (Phi) is 9.04. The van der Waals surface area contributed by atoms with E-state index in [0.29, 0.717) is 10.8 Å². The Morgan fingerprint density at radius 3 is 2.51 bits per heavy atom. The highest BCUT2D eigenvalue weighted by Crippen LogP contribution is 2.66. The number of alkyl halides is 1. The monoisotopic (exact) mass is 504 g/mol. The predicted molar refractivity (Wildman–Crippen MR) is 148 cm³/mol. The van der Waals surface area contributed by atoms with Crippen molar-refractivity contribution in [1.82, 2.24) is 0 Å². The van der Waals surface area contributed by atoms with Crippen LogP contribution in [0, 0.1) is 40.4 Å². The molecule has 4 aliphatic carbocycles. The van der Waals surface area contributed by atoms with E-state index in [4.69, 9.17) is 16.3 Å². The van der Waals surface area contributed by atoms with Crippen LogP contribution in [0.5, 0.6) is 0 Å². The highest BCUT2D eigenvalue weighted by molar-refractivity contribution is 6.30. The lowest BCUT2D eigenvalue weighted by Gasteiger charge is -2.58. The van der Waals surface area contributed by atoms with Crippen molar-refractivity contribution < 1.29 is 9.53 Å². The van der Waals surface area contributed by atoms with E-state index < -0.39 is 5.38 Å². The lowest BCUT2D eigenvalue weighted by Crippen LogP contribution is -2.50. The molecule has 0 saturated heterocycles. The SMILES string of the molecule is CCCCCCCC[C@@H]1CC[C@H]2[C@H]3CC=C4C[C@@H](OC(=O)[C@H](Cl)C(C)C)CC[C@]4(C)[C@@H]3CC[C@]12C. The molecule has 0 aromatic carbocycles. The number of hydrogen-bond donors (Lipinski definition) is 0. The minimum Gasteiger partial charge on any atom is -0.461 e. The molecule has 3 saturated carbocycles. The zero-order chi connectivity index (χ0) is 25.2. The van der Waals surface area contributed by atoms with Crippen LogP contribution in [0.4, 0.5) is 0 Å². The topological polar surface area (TPSA) is 26.3 Å². The molecular weight excluding hydrogens is 452 g/mol. The van der Waals surface area contributed by atoms with Crippen molar-refractivity contribution in [2.45, 2.75) is 142 Å². The van der Waals surface area contributed by atoms with Crippen molar-refractivity contribution >= 4 is 17.6 Å². The Labute approximate surface area is 221 Å². The predicted octanol–water partition coefficient (Wildman–Crippen LogP) is 9.49. The van der Waals surface area contributed by atoms with E-state index >= 15 is 0 Å². The van der Waals surface area contributed by atoms with Gasteiger partial charge in [-0.25, -0.2) is 0 Å². The van der Waals surface area contributed by atoms with Gasteiger partial charge in [0, 0.05) is 6.42 Å². The molecule has 4 aliphatic rings. The Bertz CT molecular complexity index is 759. The highest BCUT2D eigenvalue weighted by Gasteiger charge is 2.58. The second-order valence-electron chi connectivity index (χ2n) is 13.6. The Morgan fingerprint density at radius 2 is 1.77 bits per heavy atom. The van der Waals surface area contributed by atoms with Crippen LogP contribution in [-0.4, -0.2) is 17.5 Å². The summed E-state index contributed by atoms with van der Waals surface area (Å²) in [6, 6.07) is 0. The minimum atomic E-state index is -0.532. The number of fused-ring (bicyclic) bond motifs is 5. The van der Waals surface area contributed by atoms with Crippen molar-refractivity contribution in [3.8, 4) is 0 Å². The van der Waals surface area contributed by atoms with Gasteiger partial charge in [-0.15, -0.1) is 11.6 Å². The fraction of sp³-hybridized carbons (Fsp3) is 0.906. The Morgan fingerprint density at radius 1 is 1.03 bits per heavy atom. The number of unbranched alkanes of at least 4 members (excludes halogenated alkanes) is 5.